The summed E-state index contributed by atoms with van der Waals surface area (Å²) in [4.78, 5) is 26.2. The van der Waals surface area contributed by atoms with E-state index in [1.54, 1.807) is 12.1 Å². The molecular formula is C19H22FN5O2. The van der Waals surface area contributed by atoms with Gasteiger partial charge in [-0.25, -0.2) is 4.39 Å². The summed E-state index contributed by atoms with van der Waals surface area (Å²) in [6.45, 7) is 3.23. The lowest BCUT2D eigenvalue weighted by molar-refractivity contribution is -0.126. The molecule has 27 heavy (non-hydrogen) atoms. The number of hydrogen-bond donors (Lipinski definition) is 2. The first-order chi connectivity index (χ1) is 13.1. The molecule has 2 aromatic rings. The van der Waals surface area contributed by atoms with Crippen LogP contribution in [0.25, 0.3) is 0 Å². The summed E-state index contributed by atoms with van der Waals surface area (Å²) in [6, 6.07) is 7.87. The van der Waals surface area contributed by atoms with Gasteiger partial charge in [0, 0.05) is 31.7 Å². The summed E-state index contributed by atoms with van der Waals surface area (Å²) >= 11 is 0. The van der Waals surface area contributed by atoms with Crippen molar-refractivity contribution in [3.63, 3.8) is 0 Å². The molecule has 0 saturated carbocycles. The average molecular weight is 371 g/mol. The van der Waals surface area contributed by atoms with E-state index < -0.39 is 11.7 Å². The van der Waals surface area contributed by atoms with E-state index in [2.05, 4.69) is 15.7 Å². The SMILES string of the molecule is O=C(NCc1cc2n(n1)CCCNC2)[C@H]1CC(=O)N(c2cccc(F)c2)C1. The second-order valence-corrected chi connectivity index (χ2v) is 6.98. The molecule has 1 aromatic carbocycles. The first-order valence-corrected chi connectivity index (χ1v) is 9.20. The Kier molecular flexibility index (Phi) is 4.89. The molecule has 1 saturated heterocycles. The topological polar surface area (TPSA) is 79.3 Å². The van der Waals surface area contributed by atoms with Crippen molar-refractivity contribution in [2.75, 3.05) is 18.0 Å². The number of fused-ring (bicyclic) bond motifs is 1. The number of carbonyl (C=O) groups excluding carboxylic acids is 2. The predicted octanol–water partition coefficient (Wildman–Crippen LogP) is 1.18. The largest absolute Gasteiger partial charge is 0.350 e. The highest BCUT2D eigenvalue weighted by atomic mass is 19.1. The van der Waals surface area contributed by atoms with Crippen LogP contribution in [0.3, 0.4) is 0 Å². The molecule has 2 aliphatic heterocycles. The minimum absolute atomic E-state index is 0.131. The van der Waals surface area contributed by atoms with Crippen molar-refractivity contribution in [3.8, 4) is 0 Å². The predicted molar refractivity (Wildman–Crippen MR) is 97.3 cm³/mol. The minimum atomic E-state index is -0.442. The van der Waals surface area contributed by atoms with Gasteiger partial charge >= 0.3 is 0 Å². The lowest BCUT2D eigenvalue weighted by Crippen LogP contribution is -2.32. The van der Waals surface area contributed by atoms with Crippen molar-refractivity contribution >= 4 is 17.5 Å². The van der Waals surface area contributed by atoms with Gasteiger partial charge in [-0.05, 0) is 37.2 Å². The quantitative estimate of drug-likeness (QED) is 0.846. The smallest absolute Gasteiger partial charge is 0.227 e. The third kappa shape index (κ3) is 3.85. The Hall–Kier alpha value is -2.74. The van der Waals surface area contributed by atoms with E-state index in [9.17, 15) is 14.0 Å². The molecule has 8 heteroatoms. The number of hydrogen-bond acceptors (Lipinski definition) is 4. The van der Waals surface area contributed by atoms with Gasteiger partial charge in [0.15, 0.2) is 0 Å². The molecule has 4 rings (SSSR count). The van der Waals surface area contributed by atoms with Gasteiger partial charge in [-0.3, -0.25) is 14.3 Å². The van der Waals surface area contributed by atoms with E-state index in [0.29, 0.717) is 12.2 Å². The van der Waals surface area contributed by atoms with Crippen LogP contribution in [0.4, 0.5) is 10.1 Å². The Bertz CT molecular complexity index is 842. The maximum Gasteiger partial charge on any atom is 0.227 e. The summed E-state index contributed by atoms with van der Waals surface area (Å²) in [5, 5.41) is 10.8. The number of nitrogens with one attached hydrogen (secondary N) is 2. The highest BCUT2D eigenvalue weighted by Crippen LogP contribution is 2.25. The molecule has 2 amide bonds. The molecule has 0 radical (unpaired) electrons. The highest BCUT2D eigenvalue weighted by molar-refractivity contribution is 6.00. The third-order valence-corrected chi connectivity index (χ3v) is 5.00. The number of aryl methyl sites for hydroxylation is 1. The molecule has 0 bridgehead atoms. The van der Waals surface area contributed by atoms with E-state index in [4.69, 9.17) is 0 Å². The fourth-order valence-corrected chi connectivity index (χ4v) is 3.61. The standard InChI is InChI=1S/C19H22FN5O2/c20-14-3-1-4-16(8-14)24-12-13(7-18(24)26)19(27)22-10-15-9-17-11-21-5-2-6-25(17)23-15/h1,3-4,8-9,13,21H,2,5-7,10-12H2,(H,22,27)/t13-/m0/s1. The van der Waals surface area contributed by atoms with Crippen LogP contribution in [0.15, 0.2) is 30.3 Å². The van der Waals surface area contributed by atoms with E-state index in [1.165, 1.54) is 17.0 Å². The van der Waals surface area contributed by atoms with Crippen LogP contribution in [0.2, 0.25) is 0 Å². The van der Waals surface area contributed by atoms with Crippen LogP contribution in [0.5, 0.6) is 0 Å². The fourth-order valence-electron chi connectivity index (χ4n) is 3.61. The third-order valence-electron chi connectivity index (χ3n) is 5.00. The van der Waals surface area contributed by atoms with Crippen molar-refractivity contribution in [2.24, 2.45) is 5.92 Å². The molecule has 0 aliphatic carbocycles. The summed E-state index contributed by atoms with van der Waals surface area (Å²) < 4.78 is 15.4. The first kappa shape index (κ1) is 17.7. The molecule has 2 N–H and O–H groups in total. The van der Waals surface area contributed by atoms with Gasteiger partial charge in [0.1, 0.15) is 5.82 Å². The van der Waals surface area contributed by atoms with Gasteiger partial charge < -0.3 is 15.5 Å². The van der Waals surface area contributed by atoms with Crippen LogP contribution in [0.1, 0.15) is 24.2 Å². The average Bonchev–Trinajstić information content (AvgIpc) is 3.16. The van der Waals surface area contributed by atoms with Crippen molar-refractivity contribution in [3.05, 3.63) is 47.5 Å². The Morgan fingerprint density at radius 2 is 2.26 bits per heavy atom. The van der Waals surface area contributed by atoms with Gasteiger partial charge in [0.25, 0.3) is 0 Å². The number of carbonyl (C=O) groups is 2. The number of anilines is 1. The van der Waals surface area contributed by atoms with E-state index >= 15 is 0 Å². The zero-order valence-corrected chi connectivity index (χ0v) is 14.9. The molecule has 1 fully saturated rings. The monoisotopic (exact) mass is 371 g/mol. The highest BCUT2D eigenvalue weighted by Gasteiger charge is 2.35. The van der Waals surface area contributed by atoms with E-state index in [-0.39, 0.29) is 24.8 Å². The molecular weight excluding hydrogens is 349 g/mol. The Morgan fingerprint density at radius 3 is 3.11 bits per heavy atom. The molecule has 7 nitrogen and oxygen atoms in total. The van der Waals surface area contributed by atoms with E-state index in [1.807, 2.05) is 10.7 Å². The lowest BCUT2D eigenvalue weighted by atomic mass is 10.1. The fraction of sp³-hybridized carbons (Fsp3) is 0.421. The number of amides is 2. The number of aromatic nitrogens is 2. The van der Waals surface area contributed by atoms with E-state index in [0.717, 1.165) is 37.4 Å². The summed E-state index contributed by atoms with van der Waals surface area (Å²) in [5.74, 6) is -1.19. The Labute approximate surface area is 156 Å². The minimum Gasteiger partial charge on any atom is -0.350 e. The van der Waals surface area contributed by atoms with Gasteiger partial charge in [0.2, 0.25) is 11.8 Å². The number of rotatable bonds is 4. The van der Waals surface area contributed by atoms with Crippen LogP contribution in [-0.2, 0) is 29.2 Å². The molecule has 142 valence electrons. The first-order valence-electron chi connectivity index (χ1n) is 9.20. The second kappa shape index (κ2) is 7.48. The number of halogens is 1. The van der Waals surface area contributed by atoms with Crippen LogP contribution >= 0.6 is 0 Å². The van der Waals surface area contributed by atoms with Crippen molar-refractivity contribution < 1.29 is 14.0 Å². The van der Waals surface area contributed by atoms with Gasteiger partial charge in [-0.1, -0.05) is 6.07 Å². The molecule has 0 spiro atoms. The zero-order chi connectivity index (χ0) is 18.8. The maximum atomic E-state index is 13.4. The van der Waals surface area contributed by atoms with Gasteiger partial charge in [0.05, 0.1) is 23.9 Å². The van der Waals surface area contributed by atoms with Crippen molar-refractivity contribution in [1.82, 2.24) is 20.4 Å². The number of nitrogens with zero attached hydrogens (tertiary/aromatic N) is 3. The molecule has 2 aliphatic rings. The summed E-state index contributed by atoms with van der Waals surface area (Å²) in [7, 11) is 0. The normalized spacial score (nSPS) is 19.7. The molecule has 3 heterocycles. The van der Waals surface area contributed by atoms with Gasteiger partial charge in [-0.2, -0.15) is 5.10 Å². The summed E-state index contributed by atoms with van der Waals surface area (Å²) in [5.41, 5.74) is 2.42. The molecule has 0 unspecified atom stereocenters. The lowest BCUT2D eigenvalue weighted by Gasteiger charge is -2.16. The second-order valence-electron chi connectivity index (χ2n) is 6.98. The Morgan fingerprint density at radius 1 is 1.37 bits per heavy atom. The number of benzene rings is 1. The van der Waals surface area contributed by atoms with Crippen LogP contribution < -0.4 is 15.5 Å². The zero-order valence-electron chi connectivity index (χ0n) is 14.9. The van der Waals surface area contributed by atoms with Gasteiger partial charge in [-0.15, -0.1) is 0 Å². The Balaban J connectivity index is 1.36. The molecule has 1 atom stereocenters. The van der Waals surface area contributed by atoms with Crippen molar-refractivity contribution in [1.29, 1.82) is 0 Å². The summed E-state index contributed by atoms with van der Waals surface area (Å²) in [6.07, 6.45) is 1.16. The van der Waals surface area contributed by atoms with Crippen LogP contribution in [-0.4, -0.2) is 34.7 Å². The van der Waals surface area contributed by atoms with Crippen LogP contribution in [0, 0.1) is 11.7 Å². The maximum absolute atomic E-state index is 13.4. The molecule has 1 aromatic heterocycles. The van der Waals surface area contributed by atoms with Crippen molar-refractivity contribution in [2.45, 2.75) is 32.5 Å².